The van der Waals surface area contributed by atoms with Gasteiger partial charge < -0.3 is 10.5 Å². The molecule has 0 spiro atoms. The second kappa shape index (κ2) is 7.74. The molecule has 0 fully saturated rings. The van der Waals surface area contributed by atoms with Crippen LogP contribution in [0.15, 0.2) is 64.4 Å². The molecule has 138 valence electrons. The molecule has 2 N–H and O–H groups in total. The smallest absolute Gasteiger partial charge is 0.297 e. The van der Waals surface area contributed by atoms with Crippen LogP contribution >= 0.6 is 0 Å². The molecule has 7 heteroatoms. The summed E-state index contributed by atoms with van der Waals surface area (Å²) in [7, 11) is 1.83. The first-order valence-corrected chi connectivity index (χ1v) is 8.36. The van der Waals surface area contributed by atoms with E-state index in [2.05, 4.69) is 4.99 Å². The Morgan fingerprint density at radius 1 is 1.15 bits per heavy atom. The van der Waals surface area contributed by atoms with Gasteiger partial charge in [-0.1, -0.05) is 18.2 Å². The van der Waals surface area contributed by atoms with Crippen LogP contribution in [0, 0.1) is 6.92 Å². The van der Waals surface area contributed by atoms with Crippen LogP contribution in [0.2, 0.25) is 0 Å². The molecule has 0 unspecified atom stereocenters. The number of para-hydroxylation sites is 1. The van der Waals surface area contributed by atoms with Crippen molar-refractivity contribution in [3.63, 3.8) is 0 Å². The predicted octanol–water partition coefficient (Wildman–Crippen LogP) is 2.10. The van der Waals surface area contributed by atoms with E-state index < -0.39 is 5.91 Å². The van der Waals surface area contributed by atoms with Gasteiger partial charge in [0.1, 0.15) is 5.75 Å². The zero-order chi connectivity index (χ0) is 19.4. The monoisotopic (exact) mass is 364 g/mol. The largest absolute Gasteiger partial charge is 0.484 e. The number of carbonyl (C=O) groups is 1. The summed E-state index contributed by atoms with van der Waals surface area (Å²) in [6.45, 7) is 1.68. The Labute approximate surface area is 156 Å². The van der Waals surface area contributed by atoms with Crippen molar-refractivity contribution >= 4 is 17.8 Å². The molecule has 0 radical (unpaired) electrons. The highest BCUT2D eigenvalue weighted by atomic mass is 16.5. The van der Waals surface area contributed by atoms with E-state index in [1.807, 2.05) is 44.3 Å². The maximum absolute atomic E-state index is 12.8. The van der Waals surface area contributed by atoms with Crippen LogP contribution < -0.4 is 16.0 Å². The Bertz CT molecular complexity index is 1030. The van der Waals surface area contributed by atoms with Gasteiger partial charge in [-0.3, -0.25) is 14.3 Å². The highest BCUT2D eigenvalue weighted by Gasteiger charge is 2.14. The third-order valence-corrected chi connectivity index (χ3v) is 4.13. The number of ether oxygens (including phenoxy) is 1. The first kappa shape index (κ1) is 18.2. The van der Waals surface area contributed by atoms with E-state index in [-0.39, 0.29) is 12.2 Å². The number of hydrogen-bond donors (Lipinski definition) is 1. The molecule has 0 bridgehead atoms. The lowest BCUT2D eigenvalue weighted by Gasteiger charge is -2.07. The summed E-state index contributed by atoms with van der Waals surface area (Å²) in [4.78, 5) is 27.9. The molecule has 0 aliphatic carbocycles. The van der Waals surface area contributed by atoms with Crippen LogP contribution in [0.4, 0.5) is 5.69 Å². The van der Waals surface area contributed by atoms with Gasteiger partial charge in [-0.05, 0) is 48.9 Å². The van der Waals surface area contributed by atoms with Crippen LogP contribution in [0.25, 0.3) is 5.69 Å². The Morgan fingerprint density at radius 2 is 1.81 bits per heavy atom. The highest BCUT2D eigenvalue weighted by molar-refractivity contribution is 5.82. The molecule has 1 amide bonds. The summed E-state index contributed by atoms with van der Waals surface area (Å²) in [6, 6.07) is 16.4. The lowest BCUT2D eigenvalue weighted by Crippen LogP contribution is -2.19. The number of nitrogens with two attached hydrogens (primary N) is 1. The van der Waals surface area contributed by atoms with E-state index in [4.69, 9.17) is 10.5 Å². The van der Waals surface area contributed by atoms with Crippen LogP contribution in [0.1, 0.15) is 11.3 Å². The van der Waals surface area contributed by atoms with Crippen molar-refractivity contribution in [3.05, 3.63) is 76.2 Å². The number of hydrogen-bond acceptors (Lipinski definition) is 4. The van der Waals surface area contributed by atoms with Gasteiger partial charge in [-0.25, -0.2) is 9.67 Å². The molecule has 0 aliphatic rings. The van der Waals surface area contributed by atoms with E-state index in [0.29, 0.717) is 11.4 Å². The van der Waals surface area contributed by atoms with Crippen molar-refractivity contribution in [3.8, 4) is 11.4 Å². The summed E-state index contributed by atoms with van der Waals surface area (Å²) in [5.74, 6) is 0.00293. The summed E-state index contributed by atoms with van der Waals surface area (Å²) < 4.78 is 8.58. The van der Waals surface area contributed by atoms with E-state index in [0.717, 1.165) is 16.9 Å². The minimum atomic E-state index is -0.533. The van der Waals surface area contributed by atoms with Crippen LogP contribution in [0.5, 0.6) is 5.75 Å². The van der Waals surface area contributed by atoms with Gasteiger partial charge in [0, 0.05) is 13.3 Å². The fourth-order valence-corrected chi connectivity index (χ4v) is 2.65. The molecular formula is C20H20N4O3. The molecule has 7 nitrogen and oxygen atoms in total. The van der Waals surface area contributed by atoms with E-state index in [9.17, 15) is 9.59 Å². The molecule has 0 aliphatic heterocycles. The van der Waals surface area contributed by atoms with Crippen molar-refractivity contribution in [2.75, 3.05) is 6.61 Å². The second-order valence-electron chi connectivity index (χ2n) is 5.99. The zero-order valence-electron chi connectivity index (χ0n) is 15.1. The number of primary amides is 1. The highest BCUT2D eigenvalue weighted by Crippen LogP contribution is 2.17. The van der Waals surface area contributed by atoms with Crippen LogP contribution in [0.3, 0.4) is 0 Å². The fraction of sp³-hybridized carbons (Fsp3) is 0.150. The fourth-order valence-electron chi connectivity index (χ4n) is 2.65. The predicted molar refractivity (Wildman–Crippen MR) is 104 cm³/mol. The number of benzene rings is 2. The maximum atomic E-state index is 12.8. The van der Waals surface area contributed by atoms with E-state index in [1.165, 1.54) is 0 Å². The zero-order valence-corrected chi connectivity index (χ0v) is 15.1. The van der Waals surface area contributed by atoms with Gasteiger partial charge in [-0.15, -0.1) is 0 Å². The molecule has 3 aromatic rings. The Morgan fingerprint density at radius 3 is 2.44 bits per heavy atom. The summed E-state index contributed by atoms with van der Waals surface area (Å²) in [5, 5.41) is 0. The van der Waals surface area contributed by atoms with Crippen molar-refractivity contribution in [2.45, 2.75) is 6.92 Å². The summed E-state index contributed by atoms with van der Waals surface area (Å²) in [5.41, 5.74) is 7.60. The standard InChI is InChI=1S/C20H20N4O3/c1-14-19(20(26)24(23(14)2)16-6-4-3-5-7-16)22-12-15-8-10-17(11-9-15)27-13-18(21)25/h3-12H,13H2,1-2H3,(H2,21,25). The van der Waals surface area contributed by atoms with E-state index in [1.54, 1.807) is 39.8 Å². The topological polar surface area (TPSA) is 91.6 Å². The minimum absolute atomic E-state index is 0.171. The average molecular weight is 364 g/mol. The minimum Gasteiger partial charge on any atom is -0.484 e. The molecule has 1 heterocycles. The van der Waals surface area contributed by atoms with Gasteiger partial charge in [0.15, 0.2) is 12.3 Å². The number of amides is 1. The maximum Gasteiger partial charge on any atom is 0.297 e. The lowest BCUT2D eigenvalue weighted by molar-refractivity contribution is -0.119. The normalized spacial score (nSPS) is 11.0. The van der Waals surface area contributed by atoms with Crippen molar-refractivity contribution in [2.24, 2.45) is 17.8 Å². The first-order chi connectivity index (χ1) is 13.0. The number of rotatable bonds is 6. The molecule has 1 aromatic heterocycles. The molecule has 27 heavy (non-hydrogen) atoms. The SMILES string of the molecule is Cc1c(N=Cc2ccc(OCC(N)=O)cc2)c(=O)n(-c2ccccc2)n1C. The van der Waals surface area contributed by atoms with Gasteiger partial charge in [0.05, 0.1) is 11.4 Å². The quantitative estimate of drug-likeness (QED) is 0.679. The number of carbonyl (C=O) groups excluding carboxylic acids is 1. The summed E-state index contributed by atoms with van der Waals surface area (Å²) >= 11 is 0. The van der Waals surface area contributed by atoms with Gasteiger partial charge >= 0.3 is 0 Å². The summed E-state index contributed by atoms with van der Waals surface area (Å²) in [6.07, 6.45) is 1.62. The molecule has 0 saturated carbocycles. The van der Waals surface area contributed by atoms with Crippen molar-refractivity contribution < 1.29 is 9.53 Å². The number of aliphatic imine (C=N–C) groups is 1. The van der Waals surface area contributed by atoms with E-state index >= 15 is 0 Å². The molecule has 3 rings (SSSR count). The van der Waals surface area contributed by atoms with Crippen LogP contribution in [-0.4, -0.2) is 28.1 Å². The molecule has 0 atom stereocenters. The van der Waals surface area contributed by atoms with Gasteiger partial charge in [-0.2, -0.15) is 0 Å². The molecular weight excluding hydrogens is 344 g/mol. The number of aromatic nitrogens is 2. The Kier molecular flexibility index (Phi) is 5.21. The van der Waals surface area contributed by atoms with Gasteiger partial charge in [0.25, 0.3) is 11.5 Å². The van der Waals surface area contributed by atoms with Crippen molar-refractivity contribution in [1.82, 2.24) is 9.36 Å². The molecule has 0 saturated heterocycles. The third-order valence-electron chi connectivity index (χ3n) is 4.13. The first-order valence-electron chi connectivity index (χ1n) is 8.36. The number of nitrogens with zero attached hydrogens (tertiary/aromatic N) is 3. The Balaban J connectivity index is 1.86. The second-order valence-corrected chi connectivity index (χ2v) is 5.99. The molecule has 2 aromatic carbocycles. The lowest BCUT2D eigenvalue weighted by atomic mass is 10.2. The third kappa shape index (κ3) is 3.98. The van der Waals surface area contributed by atoms with Gasteiger partial charge in [0.2, 0.25) is 0 Å². The van der Waals surface area contributed by atoms with Crippen LogP contribution in [-0.2, 0) is 11.8 Å². The Hall–Kier alpha value is -3.61. The van der Waals surface area contributed by atoms with Crippen molar-refractivity contribution in [1.29, 1.82) is 0 Å². The average Bonchev–Trinajstić information content (AvgIpc) is 2.88.